The van der Waals surface area contributed by atoms with E-state index in [1.807, 2.05) is 62.2 Å². The fraction of sp³-hybridized carbons (Fsp3) is 0.192. The smallest absolute Gasteiger partial charge is 0.324 e. The summed E-state index contributed by atoms with van der Waals surface area (Å²) >= 11 is 0. The number of carbonyl (C=O) groups excluding carboxylic acids is 1. The normalized spacial score (nSPS) is 10.6. The molecule has 0 radical (unpaired) electrons. The number of nitrogens with zero attached hydrogens (tertiary/aromatic N) is 5. The Morgan fingerprint density at radius 2 is 1.89 bits per heavy atom. The van der Waals surface area contributed by atoms with E-state index in [0.717, 1.165) is 28.1 Å². The highest BCUT2D eigenvalue weighted by molar-refractivity contribution is 5.99. The minimum absolute atomic E-state index is 0.00380. The molecule has 0 aliphatic rings. The molecule has 0 aliphatic carbocycles. The molecule has 3 aromatic heterocycles. The topological polar surface area (TPSA) is 105 Å². The standard InChI is InChI=1S/C26H27N7O2/c1-17-12-19(8-10-23(17)33(4)16-20-6-5-11-32(3)25(20)34)22-14-27-15-24(30-22)31-26(35)29-21-9-7-18(2)28-13-21/h5-15H,16H2,1-4H3,(H2,29,30,31,35). The van der Waals surface area contributed by atoms with Gasteiger partial charge in [0.25, 0.3) is 5.56 Å². The van der Waals surface area contributed by atoms with E-state index in [4.69, 9.17) is 0 Å². The summed E-state index contributed by atoms with van der Waals surface area (Å²) in [6.45, 7) is 4.39. The number of benzene rings is 1. The molecule has 2 amide bonds. The summed E-state index contributed by atoms with van der Waals surface area (Å²) in [5.41, 5.74) is 5.72. The van der Waals surface area contributed by atoms with Gasteiger partial charge in [-0.1, -0.05) is 12.1 Å². The zero-order chi connectivity index (χ0) is 24.9. The predicted molar refractivity (Wildman–Crippen MR) is 138 cm³/mol. The van der Waals surface area contributed by atoms with E-state index >= 15 is 0 Å². The Morgan fingerprint density at radius 3 is 2.63 bits per heavy atom. The predicted octanol–water partition coefficient (Wildman–Crippen LogP) is 4.13. The lowest BCUT2D eigenvalue weighted by Crippen LogP contribution is -2.26. The molecule has 0 spiro atoms. The van der Waals surface area contributed by atoms with E-state index in [1.54, 1.807) is 36.3 Å². The third-order valence-corrected chi connectivity index (χ3v) is 5.56. The summed E-state index contributed by atoms with van der Waals surface area (Å²) in [6.07, 6.45) is 6.48. The molecule has 3 heterocycles. The second kappa shape index (κ2) is 10.2. The third kappa shape index (κ3) is 5.70. The molecule has 35 heavy (non-hydrogen) atoms. The van der Waals surface area contributed by atoms with Crippen LogP contribution in [0, 0.1) is 13.8 Å². The molecule has 9 heteroatoms. The van der Waals surface area contributed by atoms with Gasteiger partial charge in [-0.05, 0) is 49.7 Å². The maximum absolute atomic E-state index is 12.4. The number of urea groups is 1. The van der Waals surface area contributed by atoms with Gasteiger partial charge in [-0.3, -0.25) is 20.1 Å². The number of pyridine rings is 2. The molecule has 9 nitrogen and oxygen atoms in total. The van der Waals surface area contributed by atoms with Crippen LogP contribution in [0.3, 0.4) is 0 Å². The maximum Gasteiger partial charge on any atom is 0.324 e. The highest BCUT2D eigenvalue weighted by Gasteiger charge is 2.12. The molecule has 0 bridgehead atoms. The van der Waals surface area contributed by atoms with E-state index in [1.165, 1.54) is 6.20 Å². The van der Waals surface area contributed by atoms with Crippen molar-refractivity contribution in [1.82, 2.24) is 19.5 Å². The monoisotopic (exact) mass is 469 g/mol. The summed E-state index contributed by atoms with van der Waals surface area (Å²) in [5.74, 6) is 0.332. The average molecular weight is 470 g/mol. The Morgan fingerprint density at radius 1 is 1.06 bits per heavy atom. The first-order valence-corrected chi connectivity index (χ1v) is 11.1. The van der Waals surface area contributed by atoms with Crippen LogP contribution in [0.2, 0.25) is 0 Å². The molecular weight excluding hydrogens is 442 g/mol. The first-order valence-electron chi connectivity index (χ1n) is 11.1. The number of aryl methyl sites for hydroxylation is 3. The summed E-state index contributed by atoms with van der Waals surface area (Å²) in [4.78, 5) is 39.7. The number of hydrogen-bond acceptors (Lipinski definition) is 6. The van der Waals surface area contributed by atoms with Crippen LogP contribution in [0.15, 0.2) is 72.0 Å². The van der Waals surface area contributed by atoms with Crippen molar-refractivity contribution >= 4 is 23.2 Å². The van der Waals surface area contributed by atoms with Crippen molar-refractivity contribution in [3.63, 3.8) is 0 Å². The molecule has 0 saturated heterocycles. The molecule has 0 saturated carbocycles. The van der Waals surface area contributed by atoms with E-state index < -0.39 is 6.03 Å². The highest BCUT2D eigenvalue weighted by Crippen LogP contribution is 2.26. The first kappa shape index (κ1) is 23.6. The Balaban J connectivity index is 1.47. The van der Waals surface area contributed by atoms with E-state index in [9.17, 15) is 9.59 Å². The van der Waals surface area contributed by atoms with Crippen LogP contribution >= 0.6 is 0 Å². The van der Waals surface area contributed by atoms with Gasteiger partial charge < -0.3 is 14.8 Å². The van der Waals surface area contributed by atoms with E-state index in [0.29, 0.717) is 23.7 Å². The van der Waals surface area contributed by atoms with Crippen LogP contribution in [0.25, 0.3) is 11.3 Å². The Hall–Kier alpha value is -4.53. The Labute approximate surface area is 203 Å². The maximum atomic E-state index is 12.4. The quantitative estimate of drug-likeness (QED) is 0.440. The average Bonchev–Trinajstić information content (AvgIpc) is 2.83. The molecule has 0 fully saturated rings. The van der Waals surface area contributed by atoms with Crippen molar-refractivity contribution < 1.29 is 4.79 Å². The zero-order valence-corrected chi connectivity index (χ0v) is 20.1. The Bertz CT molecular complexity index is 1410. The van der Waals surface area contributed by atoms with Gasteiger partial charge in [-0.25, -0.2) is 9.78 Å². The van der Waals surface area contributed by atoms with Crippen molar-refractivity contribution in [2.45, 2.75) is 20.4 Å². The number of rotatable bonds is 6. The summed E-state index contributed by atoms with van der Waals surface area (Å²) < 4.78 is 1.58. The van der Waals surface area contributed by atoms with Gasteiger partial charge in [-0.15, -0.1) is 0 Å². The SMILES string of the molecule is Cc1ccc(NC(=O)Nc2cncc(-c3ccc(N(C)Cc4cccn(C)c4=O)c(C)c3)n2)cn1. The summed E-state index contributed by atoms with van der Waals surface area (Å²) in [7, 11) is 3.71. The Kier molecular flexibility index (Phi) is 6.86. The number of anilines is 3. The molecule has 2 N–H and O–H groups in total. The zero-order valence-electron chi connectivity index (χ0n) is 20.1. The third-order valence-electron chi connectivity index (χ3n) is 5.56. The first-order chi connectivity index (χ1) is 16.8. The summed E-state index contributed by atoms with van der Waals surface area (Å²) in [6, 6.07) is 12.9. The molecule has 1 aromatic carbocycles. The van der Waals surface area contributed by atoms with Gasteiger partial charge in [0.15, 0.2) is 5.82 Å². The number of carbonyl (C=O) groups is 1. The van der Waals surface area contributed by atoms with Crippen LogP contribution < -0.4 is 21.1 Å². The number of nitrogens with one attached hydrogen (secondary N) is 2. The fourth-order valence-corrected chi connectivity index (χ4v) is 3.74. The van der Waals surface area contributed by atoms with E-state index in [-0.39, 0.29) is 5.56 Å². The number of hydrogen-bond donors (Lipinski definition) is 2. The highest BCUT2D eigenvalue weighted by atomic mass is 16.2. The molecular formula is C26H27N7O2. The van der Waals surface area contributed by atoms with E-state index in [2.05, 4.69) is 25.6 Å². The van der Waals surface area contributed by atoms with Crippen molar-refractivity contribution in [2.24, 2.45) is 7.05 Å². The minimum Gasteiger partial charge on any atom is -0.370 e. The number of aromatic nitrogens is 4. The second-order valence-electron chi connectivity index (χ2n) is 8.36. The van der Waals surface area contributed by atoms with Gasteiger partial charge in [0.2, 0.25) is 0 Å². The lowest BCUT2D eigenvalue weighted by atomic mass is 10.1. The molecule has 0 atom stereocenters. The van der Waals surface area contributed by atoms with Crippen molar-refractivity contribution in [1.29, 1.82) is 0 Å². The summed E-state index contributed by atoms with van der Waals surface area (Å²) in [5, 5.41) is 5.43. The fourth-order valence-electron chi connectivity index (χ4n) is 3.74. The molecule has 4 aromatic rings. The lowest BCUT2D eigenvalue weighted by molar-refractivity contribution is 0.262. The van der Waals surface area contributed by atoms with Crippen molar-refractivity contribution in [2.75, 3.05) is 22.6 Å². The minimum atomic E-state index is -0.428. The van der Waals surface area contributed by atoms with Crippen LogP contribution in [-0.2, 0) is 13.6 Å². The van der Waals surface area contributed by atoms with Crippen molar-refractivity contribution in [3.8, 4) is 11.3 Å². The molecule has 4 rings (SSSR count). The van der Waals surface area contributed by atoms with Crippen LogP contribution in [0.1, 0.15) is 16.8 Å². The lowest BCUT2D eigenvalue weighted by Gasteiger charge is -2.22. The van der Waals surface area contributed by atoms with Crippen LogP contribution in [0.5, 0.6) is 0 Å². The van der Waals surface area contributed by atoms with Gasteiger partial charge in [0.05, 0.1) is 30.0 Å². The molecule has 0 aliphatic heterocycles. The van der Waals surface area contributed by atoms with Gasteiger partial charge >= 0.3 is 6.03 Å². The molecule has 0 unspecified atom stereocenters. The van der Waals surface area contributed by atoms with Crippen LogP contribution in [-0.4, -0.2) is 32.6 Å². The van der Waals surface area contributed by atoms with Crippen molar-refractivity contribution in [3.05, 3.63) is 94.4 Å². The largest absolute Gasteiger partial charge is 0.370 e. The van der Waals surface area contributed by atoms with Crippen LogP contribution in [0.4, 0.5) is 22.0 Å². The van der Waals surface area contributed by atoms with Gasteiger partial charge in [0.1, 0.15) is 0 Å². The number of amides is 2. The molecule has 178 valence electrons. The van der Waals surface area contributed by atoms with Gasteiger partial charge in [-0.2, -0.15) is 0 Å². The van der Waals surface area contributed by atoms with Gasteiger partial charge in [0, 0.05) is 49.3 Å². The second-order valence-corrected chi connectivity index (χ2v) is 8.36.